The van der Waals surface area contributed by atoms with Crippen molar-refractivity contribution in [2.24, 2.45) is 0 Å². The van der Waals surface area contributed by atoms with Gasteiger partial charge in [-0.1, -0.05) is 36.4 Å². The molecule has 2 rings (SSSR count). The Balaban J connectivity index is 1.99. The van der Waals surface area contributed by atoms with E-state index in [2.05, 4.69) is 17.4 Å². The van der Waals surface area contributed by atoms with Crippen molar-refractivity contribution in [3.63, 3.8) is 0 Å². The number of nitro benzene ring substituents is 1. The summed E-state index contributed by atoms with van der Waals surface area (Å²) in [6.07, 6.45) is 1.68. The van der Waals surface area contributed by atoms with Crippen LogP contribution in [0.2, 0.25) is 0 Å². The van der Waals surface area contributed by atoms with E-state index in [4.69, 9.17) is 0 Å². The average molecular weight is 312 g/mol. The quantitative estimate of drug-likeness (QED) is 0.653. The fourth-order valence-electron chi connectivity index (χ4n) is 2.47. The molecule has 0 unspecified atom stereocenters. The zero-order valence-electron chi connectivity index (χ0n) is 13.3. The van der Waals surface area contributed by atoms with E-state index in [0.29, 0.717) is 11.1 Å². The van der Waals surface area contributed by atoms with Crippen LogP contribution in [0.15, 0.2) is 48.5 Å². The van der Waals surface area contributed by atoms with E-state index in [1.165, 1.54) is 17.7 Å². The van der Waals surface area contributed by atoms with Crippen molar-refractivity contribution < 1.29 is 9.72 Å². The van der Waals surface area contributed by atoms with E-state index in [-0.39, 0.29) is 17.6 Å². The van der Waals surface area contributed by atoms with Crippen LogP contribution in [-0.4, -0.2) is 16.9 Å². The second kappa shape index (κ2) is 7.54. The molecule has 2 aromatic carbocycles. The number of nitrogens with one attached hydrogen (secondary N) is 1. The monoisotopic (exact) mass is 312 g/mol. The van der Waals surface area contributed by atoms with Gasteiger partial charge in [-0.25, -0.2) is 0 Å². The van der Waals surface area contributed by atoms with E-state index < -0.39 is 4.92 Å². The highest BCUT2D eigenvalue weighted by atomic mass is 16.6. The third-order valence-corrected chi connectivity index (χ3v) is 3.83. The number of amides is 1. The lowest BCUT2D eigenvalue weighted by molar-refractivity contribution is -0.385. The third-order valence-electron chi connectivity index (χ3n) is 3.83. The minimum atomic E-state index is -0.467. The van der Waals surface area contributed by atoms with Crippen LogP contribution in [0.3, 0.4) is 0 Å². The number of nitrogens with zero attached hydrogens (tertiary/aromatic N) is 1. The smallest absolute Gasteiger partial charge is 0.273 e. The van der Waals surface area contributed by atoms with Gasteiger partial charge in [-0.15, -0.1) is 0 Å². The standard InChI is InChI=1S/C18H20N2O3/c1-13(11-12-15-7-4-3-5-8-15)19-18(21)16-9-6-10-17(14(16)2)20(22)23/h3-10,13H,11-12H2,1-2H3,(H,19,21)/t13-/m1/s1. The number of hydrogen-bond donors (Lipinski definition) is 1. The molecule has 5 nitrogen and oxygen atoms in total. The average Bonchev–Trinajstić information content (AvgIpc) is 2.53. The lowest BCUT2D eigenvalue weighted by Gasteiger charge is -2.15. The first kappa shape index (κ1) is 16.7. The summed E-state index contributed by atoms with van der Waals surface area (Å²) in [5.74, 6) is -0.272. The van der Waals surface area contributed by atoms with Gasteiger partial charge >= 0.3 is 0 Å². The first-order valence-corrected chi connectivity index (χ1v) is 7.58. The van der Waals surface area contributed by atoms with Gasteiger partial charge in [0.2, 0.25) is 0 Å². The van der Waals surface area contributed by atoms with Crippen molar-refractivity contribution in [2.45, 2.75) is 32.7 Å². The second-order valence-electron chi connectivity index (χ2n) is 5.61. The van der Waals surface area contributed by atoms with E-state index in [1.54, 1.807) is 13.0 Å². The van der Waals surface area contributed by atoms with Gasteiger partial charge < -0.3 is 5.32 Å². The van der Waals surface area contributed by atoms with E-state index >= 15 is 0 Å². The number of carbonyl (C=O) groups is 1. The highest BCUT2D eigenvalue weighted by molar-refractivity contribution is 5.96. The first-order chi connectivity index (χ1) is 11.0. The SMILES string of the molecule is Cc1c(C(=O)N[C@H](C)CCc2ccccc2)cccc1[N+](=O)[O-]. The zero-order chi connectivity index (χ0) is 16.8. The van der Waals surface area contributed by atoms with Crippen LogP contribution in [-0.2, 0) is 6.42 Å². The van der Waals surface area contributed by atoms with E-state index in [0.717, 1.165) is 12.8 Å². The van der Waals surface area contributed by atoms with Crippen LogP contribution in [0.1, 0.15) is 34.8 Å². The van der Waals surface area contributed by atoms with E-state index in [9.17, 15) is 14.9 Å². The summed E-state index contributed by atoms with van der Waals surface area (Å²) in [6, 6.07) is 14.6. The van der Waals surface area contributed by atoms with Gasteiger partial charge in [0.05, 0.1) is 4.92 Å². The summed E-state index contributed by atoms with van der Waals surface area (Å²) in [7, 11) is 0. The Morgan fingerprint density at radius 1 is 1.17 bits per heavy atom. The summed E-state index contributed by atoms with van der Waals surface area (Å²) in [6.45, 7) is 3.54. The molecule has 0 saturated heterocycles. The number of aryl methyl sites for hydroxylation is 1. The normalized spacial score (nSPS) is 11.7. The number of rotatable bonds is 6. The highest BCUT2D eigenvalue weighted by Crippen LogP contribution is 2.21. The lowest BCUT2D eigenvalue weighted by atomic mass is 10.0. The minimum absolute atomic E-state index is 0.0126. The summed E-state index contributed by atoms with van der Waals surface area (Å²) in [5.41, 5.74) is 1.94. The van der Waals surface area contributed by atoms with Crippen LogP contribution in [0.5, 0.6) is 0 Å². The fourth-order valence-corrected chi connectivity index (χ4v) is 2.47. The molecule has 2 aromatic rings. The van der Waals surface area contributed by atoms with Crippen LogP contribution >= 0.6 is 0 Å². The van der Waals surface area contributed by atoms with Crippen LogP contribution in [0.4, 0.5) is 5.69 Å². The van der Waals surface area contributed by atoms with Crippen molar-refractivity contribution in [3.8, 4) is 0 Å². The molecule has 0 bridgehead atoms. The van der Waals surface area contributed by atoms with Gasteiger partial charge in [0, 0.05) is 23.2 Å². The molecule has 0 aliphatic heterocycles. The third kappa shape index (κ3) is 4.39. The number of carbonyl (C=O) groups excluding carboxylic acids is 1. The molecule has 1 N–H and O–H groups in total. The van der Waals surface area contributed by atoms with E-state index in [1.807, 2.05) is 25.1 Å². The predicted octanol–water partition coefficient (Wildman–Crippen LogP) is 3.65. The Morgan fingerprint density at radius 3 is 2.52 bits per heavy atom. The summed E-state index contributed by atoms with van der Waals surface area (Å²) >= 11 is 0. The van der Waals surface area contributed by atoms with Gasteiger partial charge in [0.1, 0.15) is 0 Å². The largest absolute Gasteiger partial charge is 0.350 e. The zero-order valence-corrected chi connectivity index (χ0v) is 13.3. The molecule has 0 spiro atoms. The molecule has 0 heterocycles. The fraction of sp³-hybridized carbons (Fsp3) is 0.278. The van der Waals surface area contributed by atoms with Crippen LogP contribution < -0.4 is 5.32 Å². The molecular formula is C18H20N2O3. The predicted molar refractivity (Wildman–Crippen MR) is 89.5 cm³/mol. The molecule has 0 fully saturated rings. The van der Waals surface area contributed by atoms with Gasteiger partial charge in [0.25, 0.3) is 11.6 Å². The number of hydrogen-bond acceptors (Lipinski definition) is 3. The maximum absolute atomic E-state index is 12.3. The highest BCUT2D eigenvalue weighted by Gasteiger charge is 2.18. The molecule has 0 aliphatic rings. The molecule has 0 aliphatic carbocycles. The second-order valence-corrected chi connectivity index (χ2v) is 5.61. The minimum Gasteiger partial charge on any atom is -0.350 e. The Labute approximate surface area is 135 Å². The molecule has 23 heavy (non-hydrogen) atoms. The molecule has 0 radical (unpaired) electrons. The molecule has 1 atom stereocenters. The van der Waals surface area contributed by atoms with Crippen molar-refractivity contribution in [3.05, 3.63) is 75.3 Å². The maximum Gasteiger partial charge on any atom is 0.273 e. The van der Waals surface area contributed by atoms with Crippen molar-refractivity contribution >= 4 is 11.6 Å². The molecule has 120 valence electrons. The summed E-state index contributed by atoms with van der Waals surface area (Å²) in [4.78, 5) is 22.8. The summed E-state index contributed by atoms with van der Waals surface area (Å²) in [5, 5.41) is 13.9. The molecule has 0 saturated carbocycles. The van der Waals surface area contributed by atoms with Crippen molar-refractivity contribution in [1.82, 2.24) is 5.32 Å². The van der Waals surface area contributed by atoms with Gasteiger partial charge in [0.15, 0.2) is 0 Å². The first-order valence-electron chi connectivity index (χ1n) is 7.58. The van der Waals surface area contributed by atoms with Crippen LogP contribution in [0.25, 0.3) is 0 Å². The molecule has 5 heteroatoms. The van der Waals surface area contributed by atoms with Crippen molar-refractivity contribution in [1.29, 1.82) is 0 Å². The Bertz CT molecular complexity index is 699. The number of nitro groups is 1. The lowest BCUT2D eigenvalue weighted by Crippen LogP contribution is -2.33. The molecule has 0 aromatic heterocycles. The van der Waals surface area contributed by atoms with Gasteiger partial charge in [-0.05, 0) is 38.3 Å². The molecule has 1 amide bonds. The maximum atomic E-state index is 12.3. The van der Waals surface area contributed by atoms with Crippen molar-refractivity contribution in [2.75, 3.05) is 0 Å². The Morgan fingerprint density at radius 2 is 1.87 bits per heavy atom. The number of benzene rings is 2. The van der Waals surface area contributed by atoms with Gasteiger partial charge in [-0.3, -0.25) is 14.9 Å². The summed E-state index contributed by atoms with van der Waals surface area (Å²) < 4.78 is 0. The topological polar surface area (TPSA) is 72.2 Å². The van der Waals surface area contributed by atoms with Gasteiger partial charge in [-0.2, -0.15) is 0 Å². The Hall–Kier alpha value is -2.69. The molecular weight excluding hydrogens is 292 g/mol. The van der Waals surface area contributed by atoms with Crippen LogP contribution in [0, 0.1) is 17.0 Å². The Kier molecular flexibility index (Phi) is 5.46.